The van der Waals surface area contributed by atoms with E-state index in [2.05, 4.69) is 41.2 Å². The molecule has 0 aliphatic rings. The zero-order chi connectivity index (χ0) is 37.5. The van der Waals surface area contributed by atoms with Crippen LogP contribution in [-0.4, -0.2) is 46.2 Å². The fourth-order valence-corrected chi connectivity index (χ4v) is 4.59. The highest BCUT2D eigenvalue weighted by molar-refractivity contribution is 6.06. The molecule has 0 saturated heterocycles. The Labute approximate surface area is 290 Å². The highest BCUT2D eigenvalue weighted by atomic mass is 19.4. The number of methoxy groups -OCH3 is 2. The summed E-state index contributed by atoms with van der Waals surface area (Å²) in [6.45, 7) is 0. The van der Waals surface area contributed by atoms with E-state index in [4.69, 9.17) is 9.47 Å². The Morgan fingerprint density at radius 3 is 1.33 bits per heavy atom. The minimum absolute atomic E-state index is 0.211. The summed E-state index contributed by atoms with van der Waals surface area (Å²) in [4.78, 5) is 39.4. The number of carbonyl (C=O) groups excluding carboxylic acids is 2. The van der Waals surface area contributed by atoms with E-state index in [0.717, 1.165) is 12.1 Å². The van der Waals surface area contributed by atoms with Crippen molar-refractivity contribution < 1.29 is 45.4 Å². The number of urea groups is 2. The van der Waals surface area contributed by atoms with Crippen molar-refractivity contribution in [3.8, 4) is 11.5 Å². The molecule has 6 rings (SSSR count). The average Bonchev–Trinajstić information content (AvgIpc) is 3.11. The third kappa shape index (κ3) is 9.29. The summed E-state index contributed by atoms with van der Waals surface area (Å²) in [6.07, 6.45) is -6.18. The van der Waals surface area contributed by atoms with Crippen LogP contribution in [0.4, 0.5) is 58.9 Å². The van der Waals surface area contributed by atoms with Gasteiger partial charge in [0.25, 0.3) is 0 Å². The highest BCUT2D eigenvalue weighted by Crippen LogP contribution is 2.30. The largest absolute Gasteiger partial charge is 0.497 e. The van der Waals surface area contributed by atoms with Crippen molar-refractivity contribution >= 4 is 56.9 Å². The first-order valence-corrected chi connectivity index (χ1v) is 14.8. The number of nitrogens with one attached hydrogen (secondary N) is 4. The van der Waals surface area contributed by atoms with Crippen molar-refractivity contribution in [1.82, 2.24) is 19.9 Å². The minimum Gasteiger partial charge on any atom is -0.497 e. The van der Waals surface area contributed by atoms with Gasteiger partial charge in [-0.05, 0) is 60.7 Å². The molecule has 268 valence electrons. The molecule has 4 aromatic heterocycles. The Balaban J connectivity index is 0.000000201. The van der Waals surface area contributed by atoms with Gasteiger partial charge in [0.15, 0.2) is 0 Å². The second-order valence-corrected chi connectivity index (χ2v) is 10.5. The molecule has 6 aromatic rings. The first kappa shape index (κ1) is 36.6. The van der Waals surface area contributed by atoms with Crippen LogP contribution in [-0.2, 0) is 12.4 Å². The molecule has 0 saturated carbocycles. The van der Waals surface area contributed by atoms with E-state index in [0.29, 0.717) is 44.7 Å². The van der Waals surface area contributed by atoms with Crippen molar-refractivity contribution in [2.24, 2.45) is 0 Å². The molecule has 18 heteroatoms. The summed E-state index contributed by atoms with van der Waals surface area (Å²) < 4.78 is 86.3. The highest BCUT2D eigenvalue weighted by Gasteiger charge is 2.33. The quantitative estimate of drug-likeness (QED) is 0.125. The number of halogens is 6. The predicted octanol–water partition coefficient (Wildman–Crippen LogP) is 8.60. The van der Waals surface area contributed by atoms with Crippen molar-refractivity contribution in [3.63, 3.8) is 0 Å². The number of aromatic nitrogens is 4. The lowest BCUT2D eigenvalue weighted by atomic mass is 10.2. The normalized spacial score (nSPS) is 11.2. The molecule has 0 spiro atoms. The van der Waals surface area contributed by atoms with Gasteiger partial charge in [-0.3, -0.25) is 20.6 Å². The standard InChI is InChI=1S/2C17H13F3N4O2/c2*1-26-10-5-6-11-12(7-8-21-13(11)9-10)22-16(25)24-15-4-2-3-14(23-15)17(18,19)20/h2*2-9H,1H3,(H2,21,22,23,24,25). The number of pyridine rings is 4. The Kier molecular flexibility index (Phi) is 10.9. The molecule has 4 heterocycles. The number of anilines is 4. The summed E-state index contributed by atoms with van der Waals surface area (Å²) in [7, 11) is 3.05. The zero-order valence-electron chi connectivity index (χ0n) is 26.9. The van der Waals surface area contributed by atoms with Crippen LogP contribution in [0.3, 0.4) is 0 Å². The number of ether oxygens (including phenoxy) is 2. The molecule has 12 nitrogen and oxygen atoms in total. The van der Waals surface area contributed by atoms with Crippen LogP contribution in [0.5, 0.6) is 11.5 Å². The van der Waals surface area contributed by atoms with Crippen LogP contribution >= 0.6 is 0 Å². The van der Waals surface area contributed by atoms with Gasteiger partial charge >= 0.3 is 24.4 Å². The van der Waals surface area contributed by atoms with Gasteiger partial charge in [-0.2, -0.15) is 26.3 Å². The Morgan fingerprint density at radius 2 is 0.962 bits per heavy atom. The maximum atomic E-state index is 12.7. The molecule has 4 N–H and O–H groups in total. The minimum atomic E-state index is -4.59. The Hall–Kier alpha value is -6.72. The maximum Gasteiger partial charge on any atom is 0.433 e. The lowest BCUT2D eigenvalue weighted by Gasteiger charge is -2.11. The van der Waals surface area contributed by atoms with Crippen molar-refractivity contribution in [2.75, 3.05) is 35.5 Å². The second kappa shape index (κ2) is 15.4. The fourth-order valence-electron chi connectivity index (χ4n) is 4.59. The first-order chi connectivity index (χ1) is 24.7. The van der Waals surface area contributed by atoms with Gasteiger partial charge in [-0.25, -0.2) is 19.6 Å². The Bertz CT molecular complexity index is 2080. The smallest absolute Gasteiger partial charge is 0.433 e. The molecule has 0 fully saturated rings. The molecule has 0 atom stereocenters. The molecular weight excluding hydrogens is 698 g/mol. The number of fused-ring (bicyclic) bond motifs is 2. The predicted molar refractivity (Wildman–Crippen MR) is 180 cm³/mol. The van der Waals surface area contributed by atoms with Crippen molar-refractivity contribution in [1.29, 1.82) is 0 Å². The number of hydrogen-bond donors (Lipinski definition) is 4. The maximum absolute atomic E-state index is 12.7. The van der Waals surface area contributed by atoms with Gasteiger partial charge in [0.1, 0.15) is 34.5 Å². The number of rotatable bonds is 6. The Morgan fingerprint density at radius 1 is 0.558 bits per heavy atom. The molecule has 4 amide bonds. The number of amides is 4. The van der Waals surface area contributed by atoms with Crippen LogP contribution < -0.4 is 30.7 Å². The first-order valence-electron chi connectivity index (χ1n) is 14.8. The topological polar surface area (TPSA) is 152 Å². The van der Waals surface area contributed by atoms with Crippen LogP contribution in [0.2, 0.25) is 0 Å². The lowest BCUT2D eigenvalue weighted by molar-refractivity contribution is -0.141. The fraction of sp³-hybridized carbons (Fsp3) is 0.118. The van der Waals surface area contributed by atoms with Crippen LogP contribution in [0.25, 0.3) is 21.8 Å². The number of benzene rings is 2. The molecule has 0 unspecified atom stereocenters. The van der Waals surface area contributed by atoms with E-state index in [1.165, 1.54) is 50.9 Å². The summed E-state index contributed by atoms with van der Waals surface area (Å²) in [5.41, 5.74) is -0.0866. The van der Waals surface area contributed by atoms with Gasteiger partial charge in [0, 0.05) is 35.3 Å². The van der Waals surface area contributed by atoms with Crippen molar-refractivity contribution in [3.05, 3.63) is 109 Å². The van der Waals surface area contributed by atoms with Crippen LogP contribution in [0.15, 0.2) is 97.3 Å². The molecule has 0 aliphatic heterocycles. The monoisotopic (exact) mass is 724 g/mol. The number of hydrogen-bond acceptors (Lipinski definition) is 8. The number of carbonyl (C=O) groups is 2. The van der Waals surface area contributed by atoms with Crippen LogP contribution in [0, 0.1) is 0 Å². The van der Waals surface area contributed by atoms with E-state index in [1.807, 2.05) is 0 Å². The van der Waals surface area contributed by atoms with Gasteiger partial charge in [-0.1, -0.05) is 12.1 Å². The molecular formula is C34H26F6N8O4. The number of alkyl halides is 6. The van der Waals surface area contributed by atoms with E-state index < -0.39 is 35.8 Å². The van der Waals surface area contributed by atoms with E-state index in [9.17, 15) is 35.9 Å². The van der Waals surface area contributed by atoms with E-state index in [1.54, 1.807) is 48.5 Å². The van der Waals surface area contributed by atoms with Gasteiger partial charge in [0.05, 0.1) is 36.6 Å². The second-order valence-electron chi connectivity index (χ2n) is 10.5. The van der Waals surface area contributed by atoms with E-state index in [-0.39, 0.29) is 11.6 Å². The van der Waals surface area contributed by atoms with E-state index >= 15 is 0 Å². The third-order valence-electron chi connectivity index (χ3n) is 6.96. The van der Waals surface area contributed by atoms with Gasteiger partial charge < -0.3 is 20.1 Å². The summed E-state index contributed by atoms with van der Waals surface area (Å²) >= 11 is 0. The van der Waals surface area contributed by atoms with Crippen LogP contribution in [0.1, 0.15) is 11.4 Å². The summed E-state index contributed by atoms with van der Waals surface area (Å²) in [5, 5.41) is 11.0. The number of nitrogens with zero attached hydrogens (tertiary/aromatic N) is 4. The summed E-state index contributed by atoms with van der Waals surface area (Å²) in [6, 6.07) is 18.5. The molecule has 52 heavy (non-hydrogen) atoms. The van der Waals surface area contributed by atoms with Crippen molar-refractivity contribution in [2.45, 2.75) is 12.4 Å². The molecule has 0 aliphatic carbocycles. The zero-order valence-corrected chi connectivity index (χ0v) is 26.9. The third-order valence-corrected chi connectivity index (χ3v) is 6.96. The lowest BCUT2D eigenvalue weighted by Crippen LogP contribution is -2.21. The SMILES string of the molecule is COc1ccc2c(NC(=O)Nc3cccc(C(F)(F)F)n3)ccnc2c1.COc1ccc2c(NC(=O)Nc3cccc(C(F)(F)F)n3)ccnc2c1. The average molecular weight is 725 g/mol. The molecule has 0 bridgehead atoms. The summed E-state index contributed by atoms with van der Waals surface area (Å²) in [5.74, 6) is 0.800. The van der Waals surface area contributed by atoms with Gasteiger partial charge in [0.2, 0.25) is 0 Å². The molecule has 0 radical (unpaired) electrons. The molecule has 2 aromatic carbocycles. The van der Waals surface area contributed by atoms with Gasteiger partial charge in [-0.15, -0.1) is 0 Å².